The number of carbonyl (C=O) groups is 5. The molecule has 0 saturated carbocycles. The molecule has 0 unspecified atom stereocenters. The van der Waals surface area contributed by atoms with E-state index in [1.54, 1.807) is 0 Å². The summed E-state index contributed by atoms with van der Waals surface area (Å²) in [6, 6.07) is 31.9. The van der Waals surface area contributed by atoms with Crippen LogP contribution in [0.5, 0.6) is 0 Å². The SMILES string of the molecule is O=C(c1ccc(F)cc1)c1cc(C(=O)c2ccc(F)cc2)cc(-c2cc(C(=O)c3ccc(F)cc3)c(C(=O)c3ccc(F)cc3)c(C(=O)c3ccc(F)cc3)c2-c2ccc(F)cc2)c1. The third-order valence-electron chi connectivity index (χ3n) is 10.5. The first-order valence-corrected chi connectivity index (χ1v) is 19.4. The molecule has 0 amide bonds. The Hall–Kier alpha value is -8.31. The van der Waals surface area contributed by atoms with Crippen LogP contribution < -0.4 is 0 Å². The highest BCUT2D eigenvalue weighted by molar-refractivity contribution is 6.29. The Balaban J connectivity index is 1.53. The molecule has 0 saturated heterocycles. The van der Waals surface area contributed by atoms with Gasteiger partial charge in [-0.1, -0.05) is 12.1 Å². The summed E-state index contributed by atoms with van der Waals surface area (Å²) in [5.41, 5.74) is -2.20. The molecule has 0 aromatic heterocycles. The van der Waals surface area contributed by atoms with Crippen LogP contribution in [0.2, 0.25) is 0 Å². The summed E-state index contributed by atoms with van der Waals surface area (Å²) in [5.74, 6) is -8.21. The van der Waals surface area contributed by atoms with Crippen LogP contribution in [-0.4, -0.2) is 28.9 Å². The molecule has 0 fully saturated rings. The van der Waals surface area contributed by atoms with Crippen LogP contribution in [0.25, 0.3) is 22.3 Å². The summed E-state index contributed by atoms with van der Waals surface area (Å²) in [7, 11) is 0. The molecule has 0 radical (unpaired) electrons. The van der Waals surface area contributed by atoms with Gasteiger partial charge >= 0.3 is 0 Å². The van der Waals surface area contributed by atoms with Gasteiger partial charge in [-0.2, -0.15) is 0 Å². The average Bonchev–Trinajstić information content (AvgIpc) is 3.31. The molecule has 312 valence electrons. The maximum atomic E-state index is 15.2. The van der Waals surface area contributed by atoms with Crippen molar-refractivity contribution < 1.29 is 50.3 Å². The number of rotatable bonds is 12. The minimum absolute atomic E-state index is 0.000147. The Morgan fingerprint density at radius 1 is 0.266 bits per heavy atom. The summed E-state index contributed by atoms with van der Waals surface area (Å²) >= 11 is 0. The standard InChI is InChI=1S/C53H28F6O5/c54-38-13-1-29(2-14-38)46-44(35-25-36(49(60)30-3-15-39(55)16-4-30)27-37(26-35)50(61)31-5-17-40(56)18-6-31)28-45(51(62)32-7-19-41(57)20-8-32)47(52(63)33-9-21-42(58)22-10-33)48(46)53(64)34-11-23-43(59)24-12-34/h1-28H. The minimum atomic E-state index is -0.946. The highest BCUT2D eigenvalue weighted by atomic mass is 19.1. The van der Waals surface area contributed by atoms with Crippen molar-refractivity contribution in [1.82, 2.24) is 0 Å². The molecular weight excluding hydrogens is 831 g/mol. The van der Waals surface area contributed by atoms with Crippen molar-refractivity contribution in [2.24, 2.45) is 0 Å². The number of hydrogen-bond donors (Lipinski definition) is 0. The Labute approximate surface area is 360 Å². The van der Waals surface area contributed by atoms with Crippen molar-refractivity contribution in [2.75, 3.05) is 0 Å². The second-order valence-electron chi connectivity index (χ2n) is 14.6. The molecule has 0 spiro atoms. The van der Waals surface area contributed by atoms with Gasteiger partial charge in [-0.15, -0.1) is 0 Å². The lowest BCUT2D eigenvalue weighted by atomic mass is 9.78. The lowest BCUT2D eigenvalue weighted by Crippen LogP contribution is -2.20. The lowest BCUT2D eigenvalue weighted by molar-refractivity contribution is 0.0991. The third-order valence-corrected chi connectivity index (χ3v) is 10.5. The summed E-state index contributed by atoms with van der Waals surface area (Å²) in [6.07, 6.45) is 0. The fraction of sp³-hybridized carbons (Fsp3) is 0. The number of carbonyl (C=O) groups excluding carboxylic acids is 5. The number of ketones is 5. The quantitative estimate of drug-likeness (QED) is 0.0902. The van der Waals surface area contributed by atoms with E-state index in [0.717, 1.165) is 109 Å². The van der Waals surface area contributed by atoms with Crippen molar-refractivity contribution in [3.8, 4) is 22.3 Å². The third kappa shape index (κ3) is 8.59. The van der Waals surface area contributed by atoms with Gasteiger partial charge in [0.1, 0.15) is 34.9 Å². The van der Waals surface area contributed by atoms with Crippen molar-refractivity contribution in [2.45, 2.75) is 0 Å². The summed E-state index contributed by atoms with van der Waals surface area (Å²) < 4.78 is 85.6. The molecule has 0 atom stereocenters. The highest BCUT2D eigenvalue weighted by Gasteiger charge is 2.33. The molecule has 8 rings (SSSR count). The van der Waals surface area contributed by atoms with Gasteiger partial charge < -0.3 is 0 Å². The minimum Gasteiger partial charge on any atom is -0.289 e. The van der Waals surface area contributed by atoms with E-state index in [0.29, 0.717) is 0 Å². The lowest BCUT2D eigenvalue weighted by Gasteiger charge is -2.23. The van der Waals surface area contributed by atoms with Crippen LogP contribution in [0.15, 0.2) is 170 Å². The fourth-order valence-corrected chi connectivity index (χ4v) is 7.30. The fourth-order valence-electron chi connectivity index (χ4n) is 7.30. The van der Waals surface area contributed by atoms with Crippen molar-refractivity contribution >= 4 is 28.9 Å². The van der Waals surface area contributed by atoms with Gasteiger partial charge in [0, 0.05) is 61.2 Å². The van der Waals surface area contributed by atoms with Gasteiger partial charge in [-0.25, -0.2) is 26.3 Å². The molecule has 0 aliphatic carbocycles. The Bertz CT molecular complexity index is 3070. The Morgan fingerprint density at radius 3 is 0.922 bits per heavy atom. The molecule has 64 heavy (non-hydrogen) atoms. The second-order valence-corrected chi connectivity index (χ2v) is 14.6. The zero-order valence-electron chi connectivity index (χ0n) is 33.0. The highest BCUT2D eigenvalue weighted by Crippen LogP contribution is 2.42. The zero-order chi connectivity index (χ0) is 45.2. The molecule has 8 aromatic carbocycles. The topological polar surface area (TPSA) is 85.3 Å². The largest absolute Gasteiger partial charge is 0.289 e. The summed E-state index contributed by atoms with van der Waals surface area (Å²) in [6.45, 7) is 0. The van der Waals surface area contributed by atoms with E-state index in [-0.39, 0.29) is 61.2 Å². The van der Waals surface area contributed by atoms with Crippen LogP contribution in [0.3, 0.4) is 0 Å². The molecule has 0 bridgehead atoms. The normalized spacial score (nSPS) is 11.0. The smallest absolute Gasteiger partial charge is 0.194 e. The van der Waals surface area contributed by atoms with Crippen molar-refractivity contribution in [3.63, 3.8) is 0 Å². The predicted octanol–water partition coefficient (Wildman–Crippen LogP) is 12.0. The van der Waals surface area contributed by atoms with E-state index in [4.69, 9.17) is 0 Å². The maximum Gasteiger partial charge on any atom is 0.194 e. The Morgan fingerprint density at radius 2 is 0.562 bits per heavy atom. The maximum absolute atomic E-state index is 15.2. The molecule has 0 aliphatic rings. The molecule has 0 aliphatic heterocycles. The van der Waals surface area contributed by atoms with E-state index in [1.165, 1.54) is 60.7 Å². The number of hydrogen-bond acceptors (Lipinski definition) is 5. The molecule has 8 aromatic rings. The zero-order valence-corrected chi connectivity index (χ0v) is 33.0. The first kappa shape index (κ1) is 42.4. The van der Waals surface area contributed by atoms with Crippen LogP contribution in [0.1, 0.15) is 79.6 Å². The van der Waals surface area contributed by atoms with Crippen LogP contribution >= 0.6 is 0 Å². The van der Waals surface area contributed by atoms with Crippen LogP contribution in [-0.2, 0) is 0 Å². The predicted molar refractivity (Wildman–Crippen MR) is 226 cm³/mol. The summed E-state index contributed by atoms with van der Waals surface area (Å²) in [4.78, 5) is 73.5. The van der Waals surface area contributed by atoms with Gasteiger partial charge in [0.2, 0.25) is 0 Å². The first-order chi connectivity index (χ1) is 30.7. The number of halogens is 6. The molecule has 0 heterocycles. The monoisotopic (exact) mass is 858 g/mol. The second kappa shape index (κ2) is 17.6. The molecular formula is C53H28F6O5. The van der Waals surface area contributed by atoms with E-state index in [1.807, 2.05) is 0 Å². The van der Waals surface area contributed by atoms with Crippen molar-refractivity contribution in [3.05, 3.63) is 260 Å². The van der Waals surface area contributed by atoms with E-state index < -0.39 is 80.5 Å². The van der Waals surface area contributed by atoms with Gasteiger partial charge in [0.15, 0.2) is 28.9 Å². The van der Waals surface area contributed by atoms with Crippen LogP contribution in [0.4, 0.5) is 26.3 Å². The van der Waals surface area contributed by atoms with Gasteiger partial charge in [-0.3, -0.25) is 24.0 Å². The van der Waals surface area contributed by atoms with E-state index >= 15 is 4.79 Å². The summed E-state index contributed by atoms with van der Waals surface area (Å²) in [5, 5.41) is 0. The number of benzene rings is 8. The van der Waals surface area contributed by atoms with Crippen molar-refractivity contribution in [1.29, 1.82) is 0 Å². The molecule has 0 N–H and O–H groups in total. The van der Waals surface area contributed by atoms with E-state index in [9.17, 15) is 45.5 Å². The van der Waals surface area contributed by atoms with Crippen LogP contribution in [0, 0.1) is 34.9 Å². The molecule has 11 heteroatoms. The van der Waals surface area contributed by atoms with Gasteiger partial charge in [-0.05, 0) is 174 Å². The first-order valence-electron chi connectivity index (χ1n) is 19.4. The average molecular weight is 859 g/mol. The van der Waals surface area contributed by atoms with Gasteiger partial charge in [0.05, 0.1) is 0 Å². The van der Waals surface area contributed by atoms with Gasteiger partial charge in [0.25, 0.3) is 0 Å². The molecule has 5 nitrogen and oxygen atoms in total. The Kier molecular flexibility index (Phi) is 11.6. The van der Waals surface area contributed by atoms with E-state index in [2.05, 4.69) is 0 Å².